The molecule has 0 fully saturated rings. The summed E-state index contributed by atoms with van der Waals surface area (Å²) in [6.45, 7) is 3.97. The lowest BCUT2D eigenvalue weighted by molar-refractivity contribution is 0.176. The summed E-state index contributed by atoms with van der Waals surface area (Å²) in [5, 5.41) is 7.95. The SMILES string of the molecule is c1ccc(C(CNCc2cscn2)N2CCc3sccc3C2)cc1. The lowest BCUT2D eigenvalue weighted by atomic mass is 10.0. The molecule has 0 saturated carbocycles. The zero-order chi connectivity index (χ0) is 16.2. The molecule has 1 aromatic carbocycles. The van der Waals surface area contributed by atoms with Crippen LogP contribution in [-0.4, -0.2) is 23.0 Å². The van der Waals surface area contributed by atoms with Crippen LogP contribution in [0.1, 0.15) is 27.7 Å². The quantitative estimate of drug-likeness (QED) is 0.722. The molecular weight excluding hydrogens is 334 g/mol. The monoisotopic (exact) mass is 355 g/mol. The first-order valence-electron chi connectivity index (χ1n) is 8.32. The first kappa shape index (κ1) is 16.0. The highest BCUT2D eigenvalue weighted by Crippen LogP contribution is 2.30. The Morgan fingerprint density at radius 2 is 2.12 bits per heavy atom. The van der Waals surface area contributed by atoms with Gasteiger partial charge < -0.3 is 5.32 Å². The van der Waals surface area contributed by atoms with Gasteiger partial charge in [0.05, 0.1) is 11.2 Å². The lowest BCUT2D eigenvalue weighted by Crippen LogP contribution is -2.38. The molecule has 3 aromatic rings. The van der Waals surface area contributed by atoms with Crippen LogP contribution in [0.5, 0.6) is 0 Å². The van der Waals surface area contributed by atoms with Crippen LogP contribution >= 0.6 is 22.7 Å². The van der Waals surface area contributed by atoms with Gasteiger partial charge in [-0.1, -0.05) is 30.3 Å². The van der Waals surface area contributed by atoms with Gasteiger partial charge in [0.2, 0.25) is 0 Å². The van der Waals surface area contributed by atoms with Crippen molar-refractivity contribution in [3.63, 3.8) is 0 Å². The van der Waals surface area contributed by atoms with Gasteiger partial charge in [-0.15, -0.1) is 22.7 Å². The summed E-state index contributed by atoms with van der Waals surface area (Å²) >= 11 is 3.56. The molecule has 1 aliphatic heterocycles. The van der Waals surface area contributed by atoms with Crippen molar-refractivity contribution in [3.05, 3.63) is 74.4 Å². The molecule has 1 N–H and O–H groups in total. The fourth-order valence-corrected chi connectivity index (χ4v) is 4.78. The second-order valence-corrected chi connectivity index (χ2v) is 7.85. The van der Waals surface area contributed by atoms with Crippen LogP contribution < -0.4 is 5.32 Å². The van der Waals surface area contributed by atoms with E-state index < -0.39 is 0 Å². The Bertz CT molecular complexity index is 752. The maximum atomic E-state index is 4.36. The maximum absolute atomic E-state index is 4.36. The molecule has 124 valence electrons. The standard InChI is InChI=1S/C19H21N3S2/c1-2-4-15(5-3-1)18(11-20-10-17-13-23-14-21-17)22-8-6-19-16(12-22)7-9-24-19/h1-5,7,9,13-14,18,20H,6,8,10-12H2. The van der Waals surface area contributed by atoms with Gasteiger partial charge in [-0.2, -0.15) is 0 Å². The second kappa shape index (κ2) is 7.57. The number of nitrogens with one attached hydrogen (secondary N) is 1. The molecule has 0 spiro atoms. The van der Waals surface area contributed by atoms with Gasteiger partial charge in [0.1, 0.15) is 0 Å². The predicted molar refractivity (Wildman–Crippen MR) is 101 cm³/mol. The number of thiophene rings is 1. The Labute approximate surface area is 151 Å². The average Bonchev–Trinajstić information content (AvgIpc) is 3.30. The van der Waals surface area contributed by atoms with Crippen LogP contribution in [0, 0.1) is 0 Å². The zero-order valence-corrected chi connectivity index (χ0v) is 15.2. The number of fused-ring (bicyclic) bond motifs is 1. The molecule has 0 aliphatic carbocycles. The molecule has 24 heavy (non-hydrogen) atoms. The van der Waals surface area contributed by atoms with E-state index in [9.17, 15) is 0 Å². The van der Waals surface area contributed by atoms with Gasteiger partial charge >= 0.3 is 0 Å². The number of hydrogen-bond donors (Lipinski definition) is 1. The van der Waals surface area contributed by atoms with E-state index in [1.165, 1.54) is 17.5 Å². The molecule has 1 unspecified atom stereocenters. The number of aromatic nitrogens is 1. The number of rotatable bonds is 6. The van der Waals surface area contributed by atoms with Crippen molar-refractivity contribution in [3.8, 4) is 0 Å². The van der Waals surface area contributed by atoms with Crippen molar-refractivity contribution in [2.75, 3.05) is 13.1 Å². The lowest BCUT2D eigenvalue weighted by Gasteiger charge is -2.35. The predicted octanol–water partition coefficient (Wildman–Crippen LogP) is 4.09. The van der Waals surface area contributed by atoms with E-state index >= 15 is 0 Å². The third-order valence-corrected chi connectivity index (χ3v) is 6.25. The normalized spacial score (nSPS) is 16.0. The Morgan fingerprint density at radius 1 is 1.21 bits per heavy atom. The molecular formula is C19H21N3S2. The van der Waals surface area contributed by atoms with Crippen LogP contribution in [0.25, 0.3) is 0 Å². The number of hydrogen-bond acceptors (Lipinski definition) is 5. The van der Waals surface area contributed by atoms with Gasteiger partial charge in [-0.3, -0.25) is 4.90 Å². The summed E-state index contributed by atoms with van der Waals surface area (Å²) in [6.07, 6.45) is 1.17. The molecule has 3 heterocycles. The summed E-state index contributed by atoms with van der Waals surface area (Å²) in [7, 11) is 0. The van der Waals surface area contributed by atoms with E-state index in [0.717, 1.165) is 31.9 Å². The van der Waals surface area contributed by atoms with Crippen LogP contribution in [0.2, 0.25) is 0 Å². The molecule has 4 rings (SSSR count). The van der Waals surface area contributed by atoms with Crippen LogP contribution in [-0.2, 0) is 19.5 Å². The van der Waals surface area contributed by atoms with E-state index in [1.807, 2.05) is 16.8 Å². The van der Waals surface area contributed by atoms with Crippen molar-refractivity contribution >= 4 is 22.7 Å². The Kier molecular flexibility index (Phi) is 5.04. The number of nitrogens with zero attached hydrogens (tertiary/aromatic N) is 2. The number of benzene rings is 1. The summed E-state index contributed by atoms with van der Waals surface area (Å²) in [5.74, 6) is 0. The topological polar surface area (TPSA) is 28.2 Å². The van der Waals surface area contributed by atoms with Crippen LogP contribution in [0.15, 0.2) is 52.7 Å². The first-order valence-corrected chi connectivity index (χ1v) is 10.1. The van der Waals surface area contributed by atoms with Crippen LogP contribution in [0.3, 0.4) is 0 Å². The van der Waals surface area contributed by atoms with E-state index in [4.69, 9.17) is 0 Å². The highest BCUT2D eigenvalue weighted by atomic mass is 32.1. The number of thiazole rings is 1. The first-order chi connectivity index (χ1) is 11.9. The smallest absolute Gasteiger partial charge is 0.0795 e. The minimum atomic E-state index is 0.401. The zero-order valence-electron chi connectivity index (χ0n) is 13.5. The Morgan fingerprint density at radius 3 is 2.96 bits per heavy atom. The fourth-order valence-electron chi connectivity index (χ4n) is 3.33. The average molecular weight is 356 g/mol. The summed E-state index contributed by atoms with van der Waals surface area (Å²) in [5.41, 5.74) is 5.92. The molecule has 0 saturated heterocycles. The minimum absolute atomic E-state index is 0.401. The van der Waals surface area contributed by atoms with Crippen molar-refractivity contribution in [1.82, 2.24) is 15.2 Å². The van der Waals surface area contributed by atoms with E-state index in [2.05, 4.69) is 62.4 Å². The van der Waals surface area contributed by atoms with Crippen molar-refractivity contribution in [2.24, 2.45) is 0 Å². The van der Waals surface area contributed by atoms with Crippen molar-refractivity contribution in [2.45, 2.75) is 25.6 Å². The van der Waals surface area contributed by atoms with Gasteiger partial charge in [0.15, 0.2) is 0 Å². The summed E-state index contributed by atoms with van der Waals surface area (Å²) in [4.78, 5) is 8.54. The van der Waals surface area contributed by atoms with Gasteiger partial charge in [-0.25, -0.2) is 4.98 Å². The second-order valence-electron chi connectivity index (χ2n) is 6.13. The molecule has 1 aliphatic rings. The summed E-state index contributed by atoms with van der Waals surface area (Å²) < 4.78 is 0. The van der Waals surface area contributed by atoms with Crippen molar-refractivity contribution in [1.29, 1.82) is 0 Å². The maximum Gasteiger partial charge on any atom is 0.0795 e. The van der Waals surface area contributed by atoms with Gasteiger partial charge in [-0.05, 0) is 29.0 Å². The van der Waals surface area contributed by atoms with Gasteiger partial charge in [0.25, 0.3) is 0 Å². The summed E-state index contributed by atoms with van der Waals surface area (Å²) in [6, 6.07) is 13.6. The molecule has 5 heteroatoms. The highest BCUT2D eigenvalue weighted by Gasteiger charge is 2.25. The van der Waals surface area contributed by atoms with E-state index in [-0.39, 0.29) is 0 Å². The fraction of sp³-hybridized carbons (Fsp3) is 0.316. The molecule has 0 bridgehead atoms. The van der Waals surface area contributed by atoms with E-state index in [1.54, 1.807) is 16.2 Å². The molecule has 3 nitrogen and oxygen atoms in total. The Hall–Kier alpha value is -1.53. The minimum Gasteiger partial charge on any atom is -0.309 e. The highest BCUT2D eigenvalue weighted by molar-refractivity contribution is 7.10. The van der Waals surface area contributed by atoms with Crippen molar-refractivity contribution < 1.29 is 0 Å². The molecule has 2 aromatic heterocycles. The van der Waals surface area contributed by atoms with E-state index in [0.29, 0.717) is 6.04 Å². The molecule has 0 amide bonds. The third kappa shape index (κ3) is 3.59. The Balaban J connectivity index is 1.48. The van der Waals surface area contributed by atoms with Crippen LogP contribution in [0.4, 0.5) is 0 Å². The third-order valence-electron chi connectivity index (χ3n) is 4.59. The molecule has 0 radical (unpaired) electrons. The van der Waals surface area contributed by atoms with Gasteiger partial charge in [0, 0.05) is 42.5 Å². The molecule has 1 atom stereocenters. The largest absolute Gasteiger partial charge is 0.309 e.